The average Bonchev–Trinajstić information content (AvgIpc) is 2.59. The van der Waals surface area contributed by atoms with Crippen molar-refractivity contribution in [3.8, 4) is 0 Å². The van der Waals surface area contributed by atoms with Crippen LogP contribution in [0.1, 0.15) is 32.1 Å². The van der Waals surface area contributed by atoms with Crippen LogP contribution in [0.4, 0.5) is 9.59 Å². The molecule has 24 heavy (non-hydrogen) atoms. The monoisotopic (exact) mass is 348 g/mol. The van der Waals surface area contributed by atoms with E-state index in [9.17, 15) is 14.4 Å². The Balaban J connectivity index is 4.14. The first-order valence-electron chi connectivity index (χ1n) is 7.80. The maximum Gasteiger partial charge on any atom is 0.407 e. The molecule has 0 bridgehead atoms. The van der Waals surface area contributed by atoms with E-state index in [-0.39, 0.29) is 5.91 Å². The van der Waals surface area contributed by atoms with Gasteiger partial charge in [-0.1, -0.05) is 0 Å². The molecule has 0 heterocycles. The second kappa shape index (κ2) is 14.5. The summed E-state index contributed by atoms with van der Waals surface area (Å²) in [4.78, 5) is 38.8. The molecule has 0 saturated carbocycles. The summed E-state index contributed by atoms with van der Waals surface area (Å²) in [7, 11) is 2.52. The van der Waals surface area contributed by atoms with E-state index >= 15 is 0 Å². The van der Waals surface area contributed by atoms with E-state index in [1.165, 1.54) is 14.2 Å². The fourth-order valence-electron chi connectivity index (χ4n) is 1.85. The fraction of sp³-hybridized carbons (Fsp3) is 0.786. The topological polar surface area (TPSA) is 141 Å². The number of methoxy groups -OCH3 is 2. The van der Waals surface area contributed by atoms with E-state index < -0.39 is 18.2 Å². The highest BCUT2D eigenvalue weighted by molar-refractivity contribution is 5.85. The molecule has 0 aromatic heterocycles. The Hall–Kier alpha value is -2.07. The van der Waals surface area contributed by atoms with Crippen LogP contribution < -0.4 is 21.8 Å². The van der Waals surface area contributed by atoms with Crippen LogP contribution in [0.25, 0.3) is 0 Å². The molecule has 3 amide bonds. The van der Waals surface area contributed by atoms with Gasteiger partial charge < -0.3 is 30.3 Å². The smallest absolute Gasteiger partial charge is 0.407 e. The third-order valence-electron chi connectivity index (χ3n) is 3.16. The summed E-state index contributed by atoms with van der Waals surface area (Å²) >= 11 is 0. The van der Waals surface area contributed by atoms with Crippen LogP contribution in [0.3, 0.4) is 0 Å². The Bertz CT molecular complexity index is 380. The minimum Gasteiger partial charge on any atom is -0.453 e. The zero-order valence-corrected chi connectivity index (χ0v) is 14.3. The summed E-state index contributed by atoms with van der Waals surface area (Å²) in [6.45, 7) is 1.32. The summed E-state index contributed by atoms with van der Waals surface area (Å²) in [5.74, 6) is 4.63. The zero-order valence-electron chi connectivity index (χ0n) is 14.3. The molecule has 0 aliphatic heterocycles. The SMILES string of the molecule is COC(=O)NCCCC[C@H](NC(=O)OC)C(=O)NCCCCON. The van der Waals surface area contributed by atoms with Gasteiger partial charge >= 0.3 is 12.2 Å². The first-order chi connectivity index (χ1) is 11.5. The van der Waals surface area contributed by atoms with Gasteiger partial charge in [-0.25, -0.2) is 15.5 Å². The van der Waals surface area contributed by atoms with Crippen LogP contribution in [0.2, 0.25) is 0 Å². The van der Waals surface area contributed by atoms with E-state index in [2.05, 4.69) is 30.3 Å². The molecule has 10 nitrogen and oxygen atoms in total. The third-order valence-corrected chi connectivity index (χ3v) is 3.16. The van der Waals surface area contributed by atoms with Gasteiger partial charge in [0.2, 0.25) is 5.91 Å². The van der Waals surface area contributed by atoms with E-state index in [1.54, 1.807) is 0 Å². The van der Waals surface area contributed by atoms with E-state index in [4.69, 9.17) is 5.90 Å². The second-order valence-corrected chi connectivity index (χ2v) is 4.97. The number of rotatable bonds is 12. The molecule has 0 aromatic carbocycles. The molecule has 0 radical (unpaired) electrons. The van der Waals surface area contributed by atoms with Gasteiger partial charge in [0.15, 0.2) is 0 Å². The lowest BCUT2D eigenvalue weighted by atomic mass is 10.1. The van der Waals surface area contributed by atoms with Gasteiger partial charge in [-0.15, -0.1) is 0 Å². The van der Waals surface area contributed by atoms with Crippen molar-refractivity contribution in [2.45, 2.75) is 38.1 Å². The zero-order chi connectivity index (χ0) is 18.2. The van der Waals surface area contributed by atoms with Crippen molar-refractivity contribution in [2.75, 3.05) is 33.9 Å². The number of nitrogens with one attached hydrogen (secondary N) is 3. The molecule has 5 N–H and O–H groups in total. The molecule has 0 aliphatic carbocycles. The first-order valence-corrected chi connectivity index (χ1v) is 7.80. The van der Waals surface area contributed by atoms with Crippen molar-refractivity contribution in [3.05, 3.63) is 0 Å². The molecule has 0 saturated heterocycles. The molecule has 0 spiro atoms. The number of alkyl carbamates (subject to hydrolysis) is 2. The normalized spacial score (nSPS) is 11.3. The second-order valence-electron chi connectivity index (χ2n) is 4.97. The minimum atomic E-state index is -0.693. The minimum absolute atomic E-state index is 0.282. The molecule has 0 rings (SSSR count). The number of amides is 3. The summed E-state index contributed by atoms with van der Waals surface area (Å²) in [5.41, 5.74) is 0. The van der Waals surface area contributed by atoms with Crippen molar-refractivity contribution in [3.63, 3.8) is 0 Å². The van der Waals surface area contributed by atoms with E-state index in [1.807, 2.05) is 0 Å². The molecular weight excluding hydrogens is 320 g/mol. The van der Waals surface area contributed by atoms with Crippen LogP contribution >= 0.6 is 0 Å². The van der Waals surface area contributed by atoms with Crippen molar-refractivity contribution >= 4 is 18.1 Å². The Labute approximate surface area is 141 Å². The highest BCUT2D eigenvalue weighted by Gasteiger charge is 2.20. The van der Waals surface area contributed by atoms with Crippen LogP contribution in [-0.4, -0.2) is 58.1 Å². The maximum atomic E-state index is 12.1. The highest BCUT2D eigenvalue weighted by Crippen LogP contribution is 2.02. The van der Waals surface area contributed by atoms with Gasteiger partial charge in [0.1, 0.15) is 6.04 Å². The van der Waals surface area contributed by atoms with Crippen molar-refractivity contribution in [1.82, 2.24) is 16.0 Å². The van der Waals surface area contributed by atoms with Crippen molar-refractivity contribution in [2.24, 2.45) is 5.90 Å². The van der Waals surface area contributed by atoms with E-state index in [0.29, 0.717) is 39.0 Å². The largest absolute Gasteiger partial charge is 0.453 e. The number of carbonyl (C=O) groups is 3. The van der Waals surface area contributed by atoms with Crippen LogP contribution in [-0.2, 0) is 19.1 Å². The fourth-order valence-corrected chi connectivity index (χ4v) is 1.85. The van der Waals surface area contributed by atoms with Crippen LogP contribution in [0, 0.1) is 0 Å². The molecule has 1 atom stereocenters. The number of carbonyl (C=O) groups excluding carboxylic acids is 3. The number of nitrogens with two attached hydrogens (primary N) is 1. The van der Waals surface area contributed by atoms with Gasteiger partial charge in [0.25, 0.3) is 0 Å². The molecule has 0 unspecified atom stereocenters. The molecule has 10 heteroatoms. The molecule has 140 valence electrons. The Morgan fingerprint density at radius 2 is 1.54 bits per heavy atom. The molecule has 0 aliphatic rings. The van der Waals surface area contributed by atoms with Crippen LogP contribution in [0.15, 0.2) is 0 Å². The van der Waals surface area contributed by atoms with Crippen molar-refractivity contribution in [1.29, 1.82) is 0 Å². The Morgan fingerprint density at radius 1 is 0.917 bits per heavy atom. The number of unbranched alkanes of at least 4 members (excludes halogenated alkanes) is 2. The van der Waals surface area contributed by atoms with Crippen LogP contribution in [0.5, 0.6) is 0 Å². The highest BCUT2D eigenvalue weighted by atomic mass is 16.6. The van der Waals surface area contributed by atoms with Gasteiger partial charge in [0, 0.05) is 13.1 Å². The van der Waals surface area contributed by atoms with E-state index in [0.717, 1.165) is 12.8 Å². The summed E-state index contributed by atoms with van der Waals surface area (Å²) in [6.07, 6.45) is 1.98. The van der Waals surface area contributed by atoms with Crippen molar-refractivity contribution < 1.29 is 28.7 Å². The van der Waals surface area contributed by atoms with Gasteiger partial charge in [0.05, 0.1) is 20.8 Å². The predicted octanol–water partition coefficient (Wildman–Crippen LogP) is 0.0240. The maximum absolute atomic E-state index is 12.1. The summed E-state index contributed by atoms with van der Waals surface area (Å²) in [5, 5.41) is 7.79. The molecule has 0 fully saturated rings. The number of ether oxygens (including phenoxy) is 2. The summed E-state index contributed by atoms with van der Waals surface area (Å²) < 4.78 is 8.98. The molecule has 0 aromatic rings. The number of hydrogen-bond donors (Lipinski definition) is 4. The quantitative estimate of drug-likeness (QED) is 0.288. The van der Waals surface area contributed by atoms with Gasteiger partial charge in [-0.3, -0.25) is 4.79 Å². The lowest BCUT2D eigenvalue weighted by Gasteiger charge is -2.17. The Kier molecular flexibility index (Phi) is 13.3. The average molecular weight is 348 g/mol. The standard InChI is InChI=1S/C14H28N4O6/c1-22-13(20)17-9-4-3-7-11(18-14(21)23-2)12(19)16-8-5-6-10-24-15/h11H,3-10,15H2,1-2H3,(H,16,19)(H,17,20)(H,18,21)/t11-/m0/s1. The van der Waals surface area contributed by atoms with Gasteiger partial charge in [-0.05, 0) is 32.1 Å². The third kappa shape index (κ3) is 11.5. The summed E-state index contributed by atoms with van der Waals surface area (Å²) in [6, 6.07) is -0.693. The molecular formula is C14H28N4O6. The first kappa shape index (κ1) is 21.9. The lowest BCUT2D eigenvalue weighted by molar-refractivity contribution is -0.123. The Morgan fingerprint density at radius 3 is 2.17 bits per heavy atom. The predicted molar refractivity (Wildman–Crippen MR) is 86.0 cm³/mol. The lowest BCUT2D eigenvalue weighted by Crippen LogP contribution is -2.47. The van der Waals surface area contributed by atoms with Gasteiger partial charge in [-0.2, -0.15) is 0 Å². The number of hydrogen-bond acceptors (Lipinski definition) is 7.